The molecule has 0 bridgehead atoms. The van der Waals surface area contributed by atoms with Gasteiger partial charge in [-0.05, 0) is 0 Å². The van der Waals surface area contributed by atoms with E-state index in [2.05, 4.69) is 69.0 Å². The summed E-state index contributed by atoms with van der Waals surface area (Å²) in [5, 5.41) is 0. The number of hydrogen-bond acceptors (Lipinski definition) is 0. The van der Waals surface area contributed by atoms with Crippen molar-refractivity contribution in [2.75, 3.05) is 0 Å². The van der Waals surface area contributed by atoms with Gasteiger partial charge in [0.2, 0.25) is 0 Å². The van der Waals surface area contributed by atoms with Crippen molar-refractivity contribution in [3.05, 3.63) is 77.4 Å². The van der Waals surface area contributed by atoms with Crippen molar-refractivity contribution in [1.29, 1.82) is 0 Å². The molecule has 3 radical (unpaired) electrons. The van der Waals surface area contributed by atoms with Crippen LogP contribution in [0.5, 0.6) is 0 Å². The second kappa shape index (κ2) is 5.72. The second-order valence-corrected chi connectivity index (χ2v) is 8.49. The molecule has 0 saturated heterocycles. The molecule has 0 aliphatic heterocycles. The van der Waals surface area contributed by atoms with E-state index in [-0.39, 0.29) is 0 Å². The Kier molecular flexibility index (Phi) is 4.42. The zero-order valence-corrected chi connectivity index (χ0v) is 14.8. The maximum absolute atomic E-state index is 6.81. The van der Waals surface area contributed by atoms with Crippen LogP contribution in [-0.2, 0) is 2.89 Å². The van der Waals surface area contributed by atoms with Gasteiger partial charge in [-0.1, -0.05) is 0 Å². The minimum atomic E-state index is -0.494. The van der Waals surface area contributed by atoms with Gasteiger partial charge in [-0.15, -0.1) is 0 Å². The van der Waals surface area contributed by atoms with Crippen molar-refractivity contribution >= 4 is 39.7 Å². The molecule has 0 fully saturated rings. The fourth-order valence-corrected chi connectivity index (χ4v) is 3.15. The Morgan fingerprint density at radius 3 is 2.21 bits per heavy atom. The van der Waals surface area contributed by atoms with Crippen LogP contribution in [0.15, 0.2) is 55.1 Å². The van der Waals surface area contributed by atoms with Gasteiger partial charge < -0.3 is 0 Å². The van der Waals surface area contributed by atoms with Crippen molar-refractivity contribution in [3.63, 3.8) is 0 Å². The molecule has 0 heterocycles. The van der Waals surface area contributed by atoms with Crippen molar-refractivity contribution in [3.8, 4) is 0 Å². The molecule has 0 N–H and O–H groups in total. The van der Waals surface area contributed by atoms with Gasteiger partial charge in [-0.25, -0.2) is 0 Å². The van der Waals surface area contributed by atoms with Crippen LogP contribution in [0.2, 0.25) is 0 Å². The van der Waals surface area contributed by atoms with Gasteiger partial charge in [0.25, 0.3) is 0 Å². The van der Waals surface area contributed by atoms with E-state index in [0.717, 1.165) is 16.7 Å². The van der Waals surface area contributed by atoms with Gasteiger partial charge in [-0.3, -0.25) is 0 Å². The standard InChI is InChI=1S/C17H16Cl.Sn/c1-12-6-4-8-15(10-12)14(3)17(18)16-9-5-7-13(2)11-16;/h4-11H,3H2,1-2H3;. The quantitative estimate of drug-likeness (QED) is 0.545. The summed E-state index contributed by atoms with van der Waals surface area (Å²) >= 11 is 8.05. The normalized spacial score (nSPS) is 13.9. The fraction of sp³-hybridized carbons (Fsp3) is 0.176. The minimum absolute atomic E-state index is 0.494. The first kappa shape index (κ1) is 14.7. The molecule has 2 heteroatoms. The molecule has 2 aromatic carbocycles. The van der Waals surface area contributed by atoms with Gasteiger partial charge in [0, 0.05) is 0 Å². The topological polar surface area (TPSA) is 0 Å². The third-order valence-corrected chi connectivity index (χ3v) is 5.33. The number of allylic oxidation sites excluding steroid dienone is 1. The van der Waals surface area contributed by atoms with Crippen molar-refractivity contribution in [2.24, 2.45) is 0 Å². The summed E-state index contributed by atoms with van der Waals surface area (Å²) < 4.78 is -0.494. The summed E-state index contributed by atoms with van der Waals surface area (Å²) in [4.78, 5) is 0. The van der Waals surface area contributed by atoms with Crippen LogP contribution in [0.1, 0.15) is 22.3 Å². The maximum atomic E-state index is 6.81. The third-order valence-electron chi connectivity index (χ3n) is 3.20. The molecule has 0 spiro atoms. The molecule has 2 aromatic rings. The van der Waals surface area contributed by atoms with E-state index in [0.29, 0.717) is 0 Å². The number of hydrogen-bond donors (Lipinski definition) is 0. The van der Waals surface area contributed by atoms with Crippen LogP contribution in [0.4, 0.5) is 0 Å². The van der Waals surface area contributed by atoms with E-state index in [4.69, 9.17) is 11.6 Å². The van der Waals surface area contributed by atoms with Crippen molar-refractivity contribution in [2.45, 2.75) is 16.7 Å². The SMILES string of the molecule is C=C(c1cccc(C)c1)[C](Cl)([Sn])c1cccc(C)c1. The summed E-state index contributed by atoms with van der Waals surface area (Å²) in [6.45, 7) is 8.41. The van der Waals surface area contributed by atoms with Crippen LogP contribution in [-0.4, -0.2) is 22.5 Å². The first-order valence-electron chi connectivity index (χ1n) is 6.19. The monoisotopic (exact) mass is 375 g/mol. The first-order valence-corrected chi connectivity index (χ1v) is 7.99. The molecule has 95 valence electrons. The molecule has 19 heavy (non-hydrogen) atoms. The van der Waals surface area contributed by atoms with Crippen LogP contribution >= 0.6 is 11.6 Å². The fourth-order valence-electron chi connectivity index (χ4n) is 2.07. The van der Waals surface area contributed by atoms with Gasteiger partial charge in [0.15, 0.2) is 0 Å². The Morgan fingerprint density at radius 1 is 1.05 bits per heavy atom. The van der Waals surface area contributed by atoms with E-state index in [9.17, 15) is 0 Å². The first-order chi connectivity index (χ1) is 8.91. The molecule has 2 rings (SSSR count). The summed E-state index contributed by atoms with van der Waals surface area (Å²) in [6.07, 6.45) is 0. The van der Waals surface area contributed by atoms with Gasteiger partial charge in [0.05, 0.1) is 0 Å². The predicted octanol–water partition coefficient (Wildman–Crippen LogP) is 4.58. The molecule has 0 nitrogen and oxygen atoms in total. The third kappa shape index (κ3) is 3.24. The molecule has 0 aliphatic rings. The van der Waals surface area contributed by atoms with Crippen LogP contribution < -0.4 is 0 Å². The van der Waals surface area contributed by atoms with Gasteiger partial charge in [0.1, 0.15) is 0 Å². The summed E-state index contributed by atoms with van der Waals surface area (Å²) in [5.41, 5.74) is 5.67. The number of alkyl halides is 1. The van der Waals surface area contributed by atoms with Crippen LogP contribution in [0, 0.1) is 13.8 Å². The average Bonchev–Trinajstić information content (AvgIpc) is 2.38. The molecule has 1 atom stereocenters. The van der Waals surface area contributed by atoms with E-state index in [1.807, 2.05) is 0 Å². The van der Waals surface area contributed by atoms with E-state index in [1.165, 1.54) is 33.7 Å². The van der Waals surface area contributed by atoms with Crippen molar-refractivity contribution < 1.29 is 0 Å². The number of aryl methyl sites for hydroxylation is 2. The van der Waals surface area contributed by atoms with Crippen LogP contribution in [0.25, 0.3) is 5.57 Å². The number of benzene rings is 2. The van der Waals surface area contributed by atoms with Gasteiger partial charge >= 0.3 is 134 Å². The van der Waals surface area contributed by atoms with E-state index >= 15 is 0 Å². The van der Waals surface area contributed by atoms with E-state index < -0.39 is 2.89 Å². The Balaban J connectivity index is 2.42. The zero-order chi connectivity index (χ0) is 14.0. The van der Waals surface area contributed by atoms with Gasteiger partial charge in [-0.2, -0.15) is 0 Å². The predicted molar refractivity (Wildman–Crippen MR) is 84.7 cm³/mol. The van der Waals surface area contributed by atoms with E-state index in [1.54, 1.807) is 0 Å². The molecular formula is C17H16ClSn. The Bertz CT molecular complexity index is 614. The Morgan fingerprint density at radius 2 is 1.63 bits per heavy atom. The molecule has 0 aromatic heterocycles. The molecule has 1 unspecified atom stereocenters. The second-order valence-electron chi connectivity index (χ2n) is 4.88. The average molecular weight is 374 g/mol. The molecule has 0 amide bonds. The Hall–Kier alpha value is -0.731. The molecule has 0 aliphatic carbocycles. The summed E-state index contributed by atoms with van der Waals surface area (Å²) in [7, 11) is 0. The number of halogens is 1. The Labute approximate surface area is 133 Å². The summed E-state index contributed by atoms with van der Waals surface area (Å²) in [6, 6.07) is 16.7. The zero-order valence-electron chi connectivity index (χ0n) is 11.2. The van der Waals surface area contributed by atoms with Crippen molar-refractivity contribution in [1.82, 2.24) is 0 Å². The summed E-state index contributed by atoms with van der Waals surface area (Å²) in [5.74, 6) is 0. The van der Waals surface area contributed by atoms with Crippen LogP contribution in [0.3, 0.4) is 0 Å². The molecular weight excluding hydrogens is 358 g/mol. The molecule has 0 saturated carbocycles. The number of rotatable bonds is 3.